The third-order valence-corrected chi connectivity index (χ3v) is 4.79. The molecule has 2 aromatic carbocycles. The third kappa shape index (κ3) is 3.55. The summed E-state index contributed by atoms with van der Waals surface area (Å²) in [7, 11) is 0. The molecule has 7 nitrogen and oxygen atoms in total. The SMILES string of the molecule is C[C@@]1(c2cccc(Br)c2)NC(=O)N(CC(=O)Nc2ccccc2C#N)C1=O. The van der Waals surface area contributed by atoms with Gasteiger partial charge in [0.15, 0.2) is 0 Å². The molecule has 0 aromatic heterocycles. The van der Waals surface area contributed by atoms with Crippen molar-refractivity contribution < 1.29 is 14.4 Å². The van der Waals surface area contributed by atoms with E-state index in [0.29, 0.717) is 16.8 Å². The van der Waals surface area contributed by atoms with Crippen LogP contribution < -0.4 is 10.6 Å². The Balaban J connectivity index is 1.78. The zero-order chi connectivity index (χ0) is 19.6. The molecule has 0 radical (unpaired) electrons. The van der Waals surface area contributed by atoms with Crippen molar-refractivity contribution >= 4 is 39.5 Å². The summed E-state index contributed by atoms with van der Waals surface area (Å²) in [5.74, 6) is -1.09. The van der Waals surface area contributed by atoms with E-state index in [9.17, 15) is 14.4 Å². The van der Waals surface area contributed by atoms with Crippen LogP contribution in [0.15, 0.2) is 53.0 Å². The number of hydrogen-bond donors (Lipinski definition) is 2. The molecule has 4 amide bonds. The lowest BCUT2D eigenvalue weighted by molar-refractivity contribution is -0.133. The highest BCUT2D eigenvalue weighted by molar-refractivity contribution is 9.10. The van der Waals surface area contributed by atoms with Gasteiger partial charge in [0.05, 0.1) is 11.3 Å². The molecule has 1 fully saturated rings. The summed E-state index contributed by atoms with van der Waals surface area (Å²) in [5.41, 5.74) is -0.0344. The Labute approximate surface area is 164 Å². The number of benzene rings is 2. The number of urea groups is 1. The lowest BCUT2D eigenvalue weighted by Gasteiger charge is -2.22. The standard InChI is InChI=1S/C19H15BrN4O3/c1-19(13-6-4-7-14(20)9-13)17(26)24(18(27)23-19)11-16(25)22-15-8-3-2-5-12(15)10-21/h2-9H,11H2,1H3,(H,22,25)(H,23,27)/t19-/m0/s1. The number of imide groups is 1. The lowest BCUT2D eigenvalue weighted by Crippen LogP contribution is -2.42. The first-order valence-corrected chi connectivity index (χ1v) is 8.83. The Hall–Kier alpha value is -3.18. The van der Waals surface area contributed by atoms with E-state index in [1.807, 2.05) is 12.1 Å². The minimum atomic E-state index is -1.26. The molecule has 8 heteroatoms. The average Bonchev–Trinajstić information content (AvgIpc) is 2.86. The van der Waals surface area contributed by atoms with Crippen molar-refractivity contribution in [3.05, 3.63) is 64.1 Å². The number of nitrogens with zero attached hydrogens (tertiary/aromatic N) is 2. The van der Waals surface area contributed by atoms with Crippen LogP contribution in [-0.4, -0.2) is 29.3 Å². The van der Waals surface area contributed by atoms with Crippen molar-refractivity contribution in [2.24, 2.45) is 0 Å². The predicted octanol–water partition coefficient (Wildman–Crippen LogP) is 2.73. The zero-order valence-electron chi connectivity index (χ0n) is 14.3. The molecule has 1 saturated heterocycles. The molecule has 0 spiro atoms. The number of carbonyl (C=O) groups is 3. The monoisotopic (exact) mass is 426 g/mol. The number of para-hydroxylation sites is 1. The van der Waals surface area contributed by atoms with E-state index >= 15 is 0 Å². The maximum absolute atomic E-state index is 12.9. The van der Waals surface area contributed by atoms with Crippen molar-refractivity contribution in [1.82, 2.24) is 10.2 Å². The van der Waals surface area contributed by atoms with Crippen molar-refractivity contribution in [3.8, 4) is 6.07 Å². The first-order chi connectivity index (χ1) is 12.8. The molecular weight excluding hydrogens is 412 g/mol. The molecule has 1 atom stereocenters. The summed E-state index contributed by atoms with van der Waals surface area (Å²) in [4.78, 5) is 38.4. The van der Waals surface area contributed by atoms with Crippen LogP contribution in [0.3, 0.4) is 0 Å². The Kier molecular flexibility index (Phi) is 4.97. The predicted molar refractivity (Wildman–Crippen MR) is 102 cm³/mol. The molecule has 0 unspecified atom stereocenters. The van der Waals surface area contributed by atoms with Crippen molar-refractivity contribution in [3.63, 3.8) is 0 Å². The van der Waals surface area contributed by atoms with Gasteiger partial charge in [-0.15, -0.1) is 0 Å². The summed E-state index contributed by atoms with van der Waals surface area (Å²) < 4.78 is 0.771. The summed E-state index contributed by atoms with van der Waals surface area (Å²) in [6, 6.07) is 14.9. The molecule has 1 heterocycles. The summed E-state index contributed by atoms with van der Waals surface area (Å²) in [5, 5.41) is 14.3. The first kappa shape index (κ1) is 18.6. The number of amides is 4. The molecule has 1 aliphatic heterocycles. The molecule has 1 aliphatic rings. The zero-order valence-corrected chi connectivity index (χ0v) is 15.9. The normalized spacial score (nSPS) is 18.8. The largest absolute Gasteiger partial charge is 0.325 e. The Bertz CT molecular complexity index is 985. The summed E-state index contributed by atoms with van der Waals surface area (Å²) in [6.45, 7) is 1.14. The highest BCUT2D eigenvalue weighted by atomic mass is 79.9. The first-order valence-electron chi connectivity index (χ1n) is 8.04. The summed E-state index contributed by atoms with van der Waals surface area (Å²) >= 11 is 3.35. The molecule has 3 rings (SSSR count). The van der Waals surface area contributed by atoms with E-state index in [2.05, 4.69) is 26.6 Å². The molecule has 27 heavy (non-hydrogen) atoms. The van der Waals surface area contributed by atoms with Crippen LogP contribution in [0, 0.1) is 11.3 Å². The Morgan fingerprint density at radius 1 is 1.26 bits per heavy atom. The van der Waals surface area contributed by atoms with Gasteiger partial charge in [-0.2, -0.15) is 5.26 Å². The number of hydrogen-bond acceptors (Lipinski definition) is 4. The van der Waals surface area contributed by atoms with Gasteiger partial charge in [-0.1, -0.05) is 40.2 Å². The second kappa shape index (κ2) is 7.21. The van der Waals surface area contributed by atoms with E-state index in [4.69, 9.17) is 5.26 Å². The molecule has 0 aliphatic carbocycles. The molecule has 0 saturated carbocycles. The second-order valence-electron chi connectivity index (χ2n) is 6.16. The van der Waals surface area contributed by atoms with Gasteiger partial charge < -0.3 is 10.6 Å². The van der Waals surface area contributed by atoms with E-state index in [-0.39, 0.29) is 0 Å². The average molecular weight is 427 g/mol. The van der Waals surface area contributed by atoms with Crippen LogP contribution in [0.2, 0.25) is 0 Å². The van der Waals surface area contributed by atoms with Gasteiger partial charge in [-0.05, 0) is 36.8 Å². The minimum absolute atomic E-state index is 0.294. The second-order valence-corrected chi connectivity index (χ2v) is 7.08. The van der Waals surface area contributed by atoms with Crippen LogP contribution in [-0.2, 0) is 15.1 Å². The van der Waals surface area contributed by atoms with Gasteiger partial charge in [-0.3, -0.25) is 14.5 Å². The van der Waals surface area contributed by atoms with Crippen LogP contribution in [0.25, 0.3) is 0 Å². The van der Waals surface area contributed by atoms with Gasteiger partial charge >= 0.3 is 6.03 Å². The van der Waals surface area contributed by atoms with Crippen LogP contribution in [0.1, 0.15) is 18.1 Å². The quantitative estimate of drug-likeness (QED) is 0.733. The van der Waals surface area contributed by atoms with Gasteiger partial charge in [-0.25, -0.2) is 4.79 Å². The number of halogens is 1. The molecule has 136 valence electrons. The lowest BCUT2D eigenvalue weighted by atomic mass is 9.92. The maximum Gasteiger partial charge on any atom is 0.325 e. The Morgan fingerprint density at radius 3 is 2.70 bits per heavy atom. The summed E-state index contributed by atoms with van der Waals surface area (Å²) in [6.07, 6.45) is 0. The molecule has 2 N–H and O–H groups in total. The highest BCUT2D eigenvalue weighted by Crippen LogP contribution is 2.30. The molecular formula is C19H15BrN4O3. The fraction of sp³-hybridized carbons (Fsp3) is 0.158. The van der Waals surface area contributed by atoms with Crippen LogP contribution in [0.5, 0.6) is 0 Å². The third-order valence-electron chi connectivity index (χ3n) is 4.30. The van der Waals surface area contributed by atoms with E-state index < -0.39 is 29.9 Å². The molecule has 0 bridgehead atoms. The van der Waals surface area contributed by atoms with Gasteiger partial charge in [0.25, 0.3) is 5.91 Å². The van der Waals surface area contributed by atoms with Crippen LogP contribution in [0.4, 0.5) is 10.5 Å². The maximum atomic E-state index is 12.9. The van der Waals surface area contributed by atoms with Gasteiger partial charge in [0.1, 0.15) is 18.2 Å². The van der Waals surface area contributed by atoms with E-state index in [0.717, 1.165) is 9.37 Å². The fourth-order valence-electron chi connectivity index (χ4n) is 2.86. The molecule has 2 aromatic rings. The van der Waals surface area contributed by atoms with Gasteiger partial charge in [0, 0.05) is 4.47 Å². The fourth-order valence-corrected chi connectivity index (χ4v) is 3.26. The number of carbonyl (C=O) groups excluding carboxylic acids is 3. The number of nitriles is 1. The van der Waals surface area contributed by atoms with E-state index in [1.54, 1.807) is 49.4 Å². The smallest absolute Gasteiger partial charge is 0.323 e. The number of anilines is 1. The van der Waals surface area contributed by atoms with Crippen molar-refractivity contribution in [2.75, 3.05) is 11.9 Å². The minimum Gasteiger partial charge on any atom is -0.323 e. The van der Waals surface area contributed by atoms with Crippen molar-refractivity contribution in [1.29, 1.82) is 5.26 Å². The van der Waals surface area contributed by atoms with Crippen molar-refractivity contribution in [2.45, 2.75) is 12.5 Å². The number of rotatable bonds is 4. The number of nitrogens with one attached hydrogen (secondary N) is 2. The van der Waals surface area contributed by atoms with E-state index in [1.165, 1.54) is 0 Å². The van der Waals surface area contributed by atoms with Gasteiger partial charge in [0.2, 0.25) is 5.91 Å². The topological polar surface area (TPSA) is 102 Å². The Morgan fingerprint density at radius 2 is 2.00 bits per heavy atom. The van der Waals surface area contributed by atoms with Crippen LogP contribution >= 0.6 is 15.9 Å². The highest BCUT2D eigenvalue weighted by Gasteiger charge is 2.49.